The van der Waals surface area contributed by atoms with E-state index in [1.54, 1.807) is 0 Å². The molecule has 0 unspecified atom stereocenters. The molecule has 0 aliphatic heterocycles. The first kappa shape index (κ1) is 13.1. The van der Waals surface area contributed by atoms with Crippen LogP contribution in [0.4, 0.5) is 0 Å². The van der Waals surface area contributed by atoms with Crippen LogP contribution in [-0.2, 0) is 0 Å². The van der Waals surface area contributed by atoms with Gasteiger partial charge in [0.1, 0.15) is 0 Å². The van der Waals surface area contributed by atoms with Gasteiger partial charge in [0.25, 0.3) is 0 Å². The van der Waals surface area contributed by atoms with Gasteiger partial charge in [0.15, 0.2) is 0 Å². The molecule has 96 valence electrons. The molecule has 0 radical (unpaired) electrons. The molecule has 19 heavy (non-hydrogen) atoms. The van der Waals surface area contributed by atoms with Crippen molar-refractivity contribution in [1.82, 2.24) is 0 Å². The predicted octanol–water partition coefficient (Wildman–Crippen LogP) is 5.14. The molecule has 0 nitrogen and oxygen atoms in total. The summed E-state index contributed by atoms with van der Waals surface area (Å²) in [7, 11) is 0. The Labute approximate surface area is 122 Å². The van der Waals surface area contributed by atoms with Crippen LogP contribution in [0.15, 0.2) is 72.9 Å². The molecule has 0 fully saturated rings. The van der Waals surface area contributed by atoms with E-state index in [1.807, 2.05) is 0 Å². The summed E-state index contributed by atoms with van der Waals surface area (Å²) in [6.45, 7) is 7.32. The van der Waals surface area contributed by atoms with Crippen LogP contribution in [0.25, 0.3) is 0 Å². The maximum atomic E-state index is 2.44. The Morgan fingerprint density at radius 1 is 0.474 bits per heavy atom. The van der Waals surface area contributed by atoms with E-state index in [-0.39, 0.29) is 11.9 Å². The molecule has 0 saturated carbocycles. The number of rotatable bonds is 3. The summed E-state index contributed by atoms with van der Waals surface area (Å²) in [5.74, 6) is 0. The van der Waals surface area contributed by atoms with Crippen molar-refractivity contribution in [3.05, 3.63) is 72.9 Å². The predicted molar refractivity (Wildman–Crippen MR) is 85.7 cm³/mol. The summed E-state index contributed by atoms with van der Waals surface area (Å²) in [4.78, 5) is 0. The van der Waals surface area contributed by atoms with E-state index < -0.39 is 16.2 Å². The monoisotopic (exact) mass is 306 g/mol. The van der Waals surface area contributed by atoms with Gasteiger partial charge in [0, 0.05) is 0 Å². The van der Waals surface area contributed by atoms with E-state index in [1.165, 1.54) is 0 Å². The molecule has 3 rings (SSSR count). The molecule has 0 saturated heterocycles. The van der Waals surface area contributed by atoms with E-state index in [0.717, 1.165) is 0 Å². The van der Waals surface area contributed by atoms with Gasteiger partial charge in [-0.05, 0) is 0 Å². The average Bonchev–Trinajstić information content (AvgIpc) is 3.03. The maximum absolute atomic E-state index is 2.44. The van der Waals surface area contributed by atoms with Crippen LogP contribution in [0, 0.1) is 0 Å². The van der Waals surface area contributed by atoms with E-state index in [2.05, 4.69) is 93.7 Å². The molecular formula is C18H21Ga. The van der Waals surface area contributed by atoms with Crippen LogP contribution in [0.3, 0.4) is 0 Å². The standard InChI is InChI=1S/3C6H7.Ga/c3*1-6-4-2-3-5-6;/h3*2-5H,1H3;. The zero-order valence-electron chi connectivity index (χ0n) is 12.0. The fourth-order valence-corrected chi connectivity index (χ4v) is 16.6. The Kier molecular flexibility index (Phi) is 2.95. The third kappa shape index (κ3) is 2.00. The number of hydrogen-bond acceptors (Lipinski definition) is 0. The molecule has 0 aromatic rings. The topological polar surface area (TPSA) is 0 Å². The summed E-state index contributed by atoms with van der Waals surface area (Å²) < 4.78 is 0.859. The molecule has 0 aromatic heterocycles. The van der Waals surface area contributed by atoms with Crippen molar-refractivity contribution in [2.24, 2.45) is 0 Å². The first-order valence-corrected chi connectivity index (χ1v) is 10.7. The van der Waals surface area contributed by atoms with Gasteiger partial charge in [-0.25, -0.2) is 0 Å². The van der Waals surface area contributed by atoms with Gasteiger partial charge >= 0.3 is 122 Å². The van der Waals surface area contributed by atoms with E-state index in [9.17, 15) is 0 Å². The quantitative estimate of drug-likeness (QED) is 0.633. The molecule has 0 aromatic carbocycles. The van der Waals surface area contributed by atoms with Crippen LogP contribution >= 0.6 is 0 Å². The molecule has 1 heteroatoms. The molecule has 0 N–H and O–H groups in total. The Morgan fingerprint density at radius 2 is 0.684 bits per heavy atom. The summed E-state index contributed by atoms with van der Waals surface area (Å²) in [5.41, 5.74) is 0. The molecule has 0 spiro atoms. The first-order valence-electron chi connectivity index (χ1n) is 7.10. The Morgan fingerprint density at radius 3 is 0.895 bits per heavy atom. The van der Waals surface area contributed by atoms with Crippen LogP contribution in [0.1, 0.15) is 20.8 Å². The van der Waals surface area contributed by atoms with Gasteiger partial charge in [0.05, 0.1) is 0 Å². The van der Waals surface area contributed by atoms with Gasteiger partial charge in [0.2, 0.25) is 0 Å². The van der Waals surface area contributed by atoms with E-state index >= 15 is 0 Å². The van der Waals surface area contributed by atoms with Crippen LogP contribution < -0.4 is 0 Å². The summed E-state index contributed by atoms with van der Waals surface area (Å²) in [6.07, 6.45) is 28.0. The van der Waals surface area contributed by atoms with Crippen molar-refractivity contribution < 1.29 is 0 Å². The van der Waals surface area contributed by atoms with Crippen molar-refractivity contribution in [2.75, 3.05) is 0 Å². The van der Waals surface area contributed by atoms with Gasteiger partial charge in [-0.1, -0.05) is 0 Å². The van der Waals surface area contributed by atoms with Crippen LogP contribution in [-0.4, -0.2) is 16.2 Å². The Balaban J connectivity index is 2.12. The second-order valence-corrected chi connectivity index (χ2v) is 16.3. The van der Waals surface area contributed by atoms with Gasteiger partial charge in [-0.15, -0.1) is 0 Å². The zero-order chi connectivity index (χ0) is 13.6. The zero-order valence-corrected chi connectivity index (χ0v) is 14.4. The Hall–Kier alpha value is -0.924. The fraction of sp³-hybridized carbons (Fsp3) is 0.333. The summed E-state index contributed by atoms with van der Waals surface area (Å²) in [6, 6.07) is 0. The molecule has 0 heterocycles. The van der Waals surface area contributed by atoms with Crippen molar-refractivity contribution in [1.29, 1.82) is 0 Å². The third-order valence-electron chi connectivity index (χ3n) is 4.93. The SMILES string of the molecule is C[C]1([Ga]([C]2(C)C=CC=C2)[C]2(C)C=CC=C2)C=CC=C1. The number of allylic oxidation sites excluding steroid dienone is 12. The van der Waals surface area contributed by atoms with E-state index in [0.29, 0.717) is 0 Å². The molecular weight excluding hydrogens is 286 g/mol. The summed E-state index contributed by atoms with van der Waals surface area (Å²) >= 11 is -1.86. The molecule has 3 aliphatic carbocycles. The van der Waals surface area contributed by atoms with Gasteiger partial charge in [-0.2, -0.15) is 0 Å². The van der Waals surface area contributed by atoms with Crippen molar-refractivity contribution in [3.8, 4) is 0 Å². The molecule has 0 bridgehead atoms. The molecule has 0 atom stereocenters. The number of hydrogen-bond donors (Lipinski definition) is 0. The molecule has 3 aliphatic rings. The van der Waals surface area contributed by atoms with Crippen LogP contribution in [0.2, 0.25) is 11.9 Å². The minimum absolute atomic E-state index is 0.286. The van der Waals surface area contributed by atoms with E-state index in [4.69, 9.17) is 0 Å². The minimum atomic E-state index is -1.86. The van der Waals surface area contributed by atoms with Crippen LogP contribution in [0.5, 0.6) is 0 Å². The second kappa shape index (κ2) is 4.29. The van der Waals surface area contributed by atoms with Crippen molar-refractivity contribution in [2.45, 2.75) is 32.7 Å². The normalized spacial score (nSPS) is 26.7. The second-order valence-electron chi connectivity index (χ2n) is 6.69. The summed E-state index contributed by atoms with van der Waals surface area (Å²) in [5, 5.41) is 0. The fourth-order valence-electron chi connectivity index (χ4n) is 4.33. The van der Waals surface area contributed by atoms with Gasteiger partial charge < -0.3 is 0 Å². The Bertz CT molecular complexity index is 437. The van der Waals surface area contributed by atoms with Crippen molar-refractivity contribution >= 4 is 16.2 Å². The molecule has 0 amide bonds. The van der Waals surface area contributed by atoms with Gasteiger partial charge in [-0.3, -0.25) is 0 Å². The van der Waals surface area contributed by atoms with Crippen molar-refractivity contribution in [3.63, 3.8) is 0 Å². The first-order chi connectivity index (χ1) is 8.99. The average molecular weight is 307 g/mol. The third-order valence-corrected chi connectivity index (χ3v) is 15.2.